The third kappa shape index (κ3) is 3.72. The van der Waals surface area contributed by atoms with Crippen LogP contribution in [0.3, 0.4) is 0 Å². The largest absolute Gasteiger partial charge is 0.449 e. The summed E-state index contributed by atoms with van der Waals surface area (Å²) in [5.41, 5.74) is 5.44. The summed E-state index contributed by atoms with van der Waals surface area (Å²) in [6.07, 6.45) is 1.30. The Morgan fingerprint density at radius 2 is 2.06 bits per heavy atom. The molecule has 1 rings (SSSR count). The Bertz CT molecular complexity index is 258. The number of amidine groups is 1. The normalized spacial score (nSPS) is 17.6. The van der Waals surface area contributed by atoms with Gasteiger partial charge in [0.05, 0.1) is 12.4 Å². The van der Waals surface area contributed by atoms with E-state index in [2.05, 4.69) is 0 Å². The summed E-state index contributed by atoms with van der Waals surface area (Å²) in [7, 11) is 0. The minimum Gasteiger partial charge on any atom is -0.449 e. The van der Waals surface area contributed by atoms with E-state index >= 15 is 0 Å². The molecular formula is C11H21N3O2. The third-order valence-electron chi connectivity index (χ3n) is 2.73. The van der Waals surface area contributed by atoms with Crippen LogP contribution in [0, 0.1) is 17.2 Å². The molecule has 0 aromatic carbocycles. The molecule has 1 saturated heterocycles. The van der Waals surface area contributed by atoms with E-state index in [1.54, 1.807) is 4.90 Å². The van der Waals surface area contributed by atoms with E-state index in [0.29, 0.717) is 25.6 Å². The van der Waals surface area contributed by atoms with E-state index in [1.807, 2.05) is 13.8 Å². The first-order valence-electron chi connectivity index (χ1n) is 5.76. The summed E-state index contributed by atoms with van der Waals surface area (Å²) in [5.74, 6) is 0.725. The van der Waals surface area contributed by atoms with Crippen LogP contribution in [0.2, 0.25) is 0 Å². The molecule has 0 unspecified atom stereocenters. The smallest absolute Gasteiger partial charge is 0.409 e. The molecule has 1 aliphatic heterocycles. The molecule has 5 heteroatoms. The fraction of sp³-hybridized carbons (Fsp3) is 0.818. The number of nitrogens with two attached hydrogens (primary N) is 1. The Kier molecular flexibility index (Phi) is 4.58. The average molecular weight is 227 g/mol. The monoisotopic (exact) mass is 227 g/mol. The number of ether oxygens (including phenoxy) is 1. The highest BCUT2D eigenvalue weighted by molar-refractivity contribution is 5.80. The molecule has 0 radical (unpaired) electrons. The Morgan fingerprint density at radius 1 is 1.50 bits per heavy atom. The SMILES string of the molecule is CC(C)COC(=O)N1CCC(C(=N)N)CC1. The molecule has 3 N–H and O–H groups in total. The van der Waals surface area contributed by atoms with Gasteiger partial charge in [0, 0.05) is 19.0 Å². The first kappa shape index (κ1) is 12.8. The predicted molar refractivity (Wildman–Crippen MR) is 62.4 cm³/mol. The Labute approximate surface area is 96.4 Å². The number of amides is 1. The van der Waals surface area contributed by atoms with Gasteiger partial charge in [-0.2, -0.15) is 0 Å². The molecule has 0 aromatic rings. The zero-order valence-electron chi connectivity index (χ0n) is 10.0. The van der Waals surface area contributed by atoms with Crippen molar-refractivity contribution in [1.29, 1.82) is 5.41 Å². The fourth-order valence-electron chi connectivity index (χ4n) is 1.70. The van der Waals surface area contributed by atoms with Crippen LogP contribution in [0.4, 0.5) is 4.79 Å². The van der Waals surface area contributed by atoms with Crippen LogP contribution in [0.15, 0.2) is 0 Å². The zero-order valence-corrected chi connectivity index (χ0v) is 10.0. The van der Waals surface area contributed by atoms with Gasteiger partial charge in [-0.1, -0.05) is 13.8 Å². The van der Waals surface area contributed by atoms with Crippen LogP contribution in [0.25, 0.3) is 0 Å². The quantitative estimate of drug-likeness (QED) is 0.565. The number of hydrogen-bond donors (Lipinski definition) is 2. The van der Waals surface area contributed by atoms with Gasteiger partial charge in [-0.3, -0.25) is 5.41 Å². The lowest BCUT2D eigenvalue weighted by molar-refractivity contribution is 0.0828. The molecule has 16 heavy (non-hydrogen) atoms. The van der Waals surface area contributed by atoms with Gasteiger partial charge in [-0.25, -0.2) is 4.79 Å². The number of carbonyl (C=O) groups excluding carboxylic acids is 1. The van der Waals surface area contributed by atoms with Crippen LogP contribution in [-0.2, 0) is 4.74 Å². The molecule has 0 spiro atoms. The predicted octanol–water partition coefficient (Wildman–Crippen LogP) is 1.43. The van der Waals surface area contributed by atoms with E-state index < -0.39 is 0 Å². The molecule has 0 aliphatic carbocycles. The number of rotatable bonds is 3. The Balaban J connectivity index is 2.30. The van der Waals surface area contributed by atoms with Crippen molar-refractivity contribution in [2.45, 2.75) is 26.7 Å². The van der Waals surface area contributed by atoms with Gasteiger partial charge in [0.25, 0.3) is 0 Å². The summed E-state index contributed by atoms with van der Waals surface area (Å²) in [6, 6.07) is 0. The van der Waals surface area contributed by atoms with Crippen molar-refractivity contribution in [2.75, 3.05) is 19.7 Å². The van der Waals surface area contributed by atoms with Crippen LogP contribution in [0.5, 0.6) is 0 Å². The first-order chi connectivity index (χ1) is 7.50. The second-order valence-corrected chi connectivity index (χ2v) is 4.69. The molecule has 0 bridgehead atoms. The topological polar surface area (TPSA) is 79.4 Å². The molecule has 1 aliphatic rings. The summed E-state index contributed by atoms with van der Waals surface area (Å²) in [6.45, 7) is 5.76. The van der Waals surface area contributed by atoms with E-state index in [1.165, 1.54) is 0 Å². The van der Waals surface area contributed by atoms with E-state index in [0.717, 1.165) is 12.8 Å². The summed E-state index contributed by atoms with van der Waals surface area (Å²) >= 11 is 0. The van der Waals surface area contributed by atoms with E-state index in [-0.39, 0.29) is 17.8 Å². The molecule has 1 fully saturated rings. The standard InChI is InChI=1S/C11H21N3O2/c1-8(2)7-16-11(15)14-5-3-9(4-6-14)10(12)13/h8-9H,3-7H2,1-2H3,(H3,12,13). The fourth-order valence-corrected chi connectivity index (χ4v) is 1.70. The van der Waals surface area contributed by atoms with Gasteiger partial charge in [0.2, 0.25) is 0 Å². The average Bonchev–Trinajstić information content (AvgIpc) is 2.26. The molecule has 0 aromatic heterocycles. The molecule has 92 valence electrons. The second kappa shape index (κ2) is 5.72. The Morgan fingerprint density at radius 3 is 2.50 bits per heavy atom. The number of hydrogen-bond acceptors (Lipinski definition) is 3. The van der Waals surface area contributed by atoms with Crippen molar-refractivity contribution in [3.8, 4) is 0 Å². The Hall–Kier alpha value is -1.26. The van der Waals surface area contributed by atoms with Gasteiger partial charge in [-0.05, 0) is 18.8 Å². The minimum absolute atomic E-state index is 0.133. The van der Waals surface area contributed by atoms with Gasteiger partial charge < -0.3 is 15.4 Å². The maximum Gasteiger partial charge on any atom is 0.409 e. The van der Waals surface area contributed by atoms with Crippen molar-refractivity contribution < 1.29 is 9.53 Å². The van der Waals surface area contributed by atoms with Gasteiger partial charge in [0.1, 0.15) is 0 Å². The van der Waals surface area contributed by atoms with Crippen LogP contribution in [0.1, 0.15) is 26.7 Å². The van der Waals surface area contributed by atoms with Crippen LogP contribution >= 0.6 is 0 Å². The summed E-state index contributed by atoms with van der Waals surface area (Å²) in [4.78, 5) is 13.3. The van der Waals surface area contributed by atoms with Crippen LogP contribution in [-0.4, -0.2) is 36.5 Å². The summed E-state index contributed by atoms with van der Waals surface area (Å²) in [5, 5.41) is 7.34. The lowest BCUT2D eigenvalue weighted by Crippen LogP contribution is -2.42. The molecule has 5 nitrogen and oxygen atoms in total. The van der Waals surface area contributed by atoms with E-state index in [4.69, 9.17) is 15.9 Å². The van der Waals surface area contributed by atoms with Crippen molar-refractivity contribution in [3.05, 3.63) is 0 Å². The van der Waals surface area contributed by atoms with Crippen molar-refractivity contribution >= 4 is 11.9 Å². The van der Waals surface area contributed by atoms with Gasteiger partial charge in [-0.15, -0.1) is 0 Å². The van der Waals surface area contributed by atoms with Gasteiger partial charge in [0.15, 0.2) is 0 Å². The number of nitrogens with one attached hydrogen (secondary N) is 1. The first-order valence-corrected chi connectivity index (χ1v) is 5.76. The zero-order chi connectivity index (χ0) is 12.1. The number of likely N-dealkylation sites (tertiary alicyclic amines) is 1. The maximum atomic E-state index is 11.6. The maximum absolute atomic E-state index is 11.6. The number of piperidine rings is 1. The lowest BCUT2D eigenvalue weighted by Gasteiger charge is -2.30. The molecule has 1 amide bonds. The third-order valence-corrected chi connectivity index (χ3v) is 2.73. The van der Waals surface area contributed by atoms with Crippen molar-refractivity contribution in [3.63, 3.8) is 0 Å². The highest BCUT2D eigenvalue weighted by Gasteiger charge is 2.25. The lowest BCUT2D eigenvalue weighted by atomic mass is 9.96. The summed E-state index contributed by atoms with van der Waals surface area (Å²) < 4.78 is 5.14. The number of carbonyl (C=O) groups is 1. The van der Waals surface area contributed by atoms with E-state index in [9.17, 15) is 4.79 Å². The molecule has 0 saturated carbocycles. The highest BCUT2D eigenvalue weighted by atomic mass is 16.6. The van der Waals surface area contributed by atoms with Crippen LogP contribution < -0.4 is 5.73 Å². The molecule has 1 heterocycles. The number of nitrogens with zero attached hydrogens (tertiary/aromatic N) is 1. The van der Waals surface area contributed by atoms with Crippen molar-refractivity contribution in [1.82, 2.24) is 4.90 Å². The molecule has 0 atom stereocenters. The second-order valence-electron chi connectivity index (χ2n) is 4.69. The minimum atomic E-state index is -0.240. The molecular weight excluding hydrogens is 206 g/mol. The van der Waals surface area contributed by atoms with Crippen molar-refractivity contribution in [2.24, 2.45) is 17.6 Å². The van der Waals surface area contributed by atoms with Gasteiger partial charge >= 0.3 is 6.09 Å². The highest BCUT2D eigenvalue weighted by Crippen LogP contribution is 2.17.